The molecule has 2 aromatic rings. The molecule has 3 heteroatoms. The molecule has 0 aromatic heterocycles. The van der Waals surface area contributed by atoms with Crippen LogP contribution in [-0.4, -0.2) is 18.4 Å². The molecule has 2 rings (SSSR count). The number of esters is 1. The second-order valence-electron chi connectivity index (χ2n) is 7.91. The molecule has 0 spiro atoms. The van der Waals surface area contributed by atoms with E-state index in [1.807, 2.05) is 18.2 Å². The number of carbonyl (C=O) groups excluding carboxylic acids is 2. The van der Waals surface area contributed by atoms with E-state index in [0.29, 0.717) is 23.3 Å². The molecule has 0 saturated carbocycles. The van der Waals surface area contributed by atoms with Gasteiger partial charge in [0.05, 0.1) is 12.2 Å². The van der Waals surface area contributed by atoms with Crippen LogP contribution in [0.4, 0.5) is 0 Å². The van der Waals surface area contributed by atoms with E-state index in [1.165, 1.54) is 57.8 Å². The second-order valence-corrected chi connectivity index (χ2v) is 7.91. The molecule has 0 unspecified atom stereocenters. The largest absolute Gasteiger partial charge is 0.462 e. The van der Waals surface area contributed by atoms with Crippen LogP contribution in [0.25, 0.3) is 0 Å². The minimum absolute atomic E-state index is 0.155. The lowest BCUT2D eigenvalue weighted by Gasteiger charge is -2.09. The third-order valence-corrected chi connectivity index (χ3v) is 5.41. The summed E-state index contributed by atoms with van der Waals surface area (Å²) in [5, 5.41) is 0. The van der Waals surface area contributed by atoms with Gasteiger partial charge in [0.2, 0.25) is 0 Å². The highest BCUT2D eigenvalue weighted by Crippen LogP contribution is 2.16. The van der Waals surface area contributed by atoms with Gasteiger partial charge in [-0.3, -0.25) is 4.79 Å². The number of ketones is 1. The molecule has 0 fully saturated rings. The first-order chi connectivity index (χ1) is 14.7. The Morgan fingerprint density at radius 3 is 1.73 bits per heavy atom. The topological polar surface area (TPSA) is 43.4 Å². The summed E-state index contributed by atoms with van der Waals surface area (Å²) >= 11 is 0. The van der Waals surface area contributed by atoms with Crippen LogP contribution in [0.5, 0.6) is 0 Å². The summed E-state index contributed by atoms with van der Waals surface area (Å²) in [6.45, 7) is 2.66. The van der Waals surface area contributed by atoms with Crippen molar-refractivity contribution < 1.29 is 14.3 Å². The van der Waals surface area contributed by atoms with E-state index in [-0.39, 0.29) is 5.78 Å². The smallest absolute Gasteiger partial charge is 0.338 e. The molecule has 0 heterocycles. The fourth-order valence-corrected chi connectivity index (χ4v) is 3.61. The molecule has 0 aliphatic carbocycles. The first-order valence-electron chi connectivity index (χ1n) is 11.6. The van der Waals surface area contributed by atoms with E-state index in [0.717, 1.165) is 12.8 Å². The van der Waals surface area contributed by atoms with Crippen LogP contribution in [-0.2, 0) is 4.74 Å². The molecular weight excluding hydrogens is 372 g/mol. The summed E-state index contributed by atoms with van der Waals surface area (Å²) in [5.41, 5.74) is 1.31. The lowest BCUT2D eigenvalue weighted by molar-refractivity contribution is 0.0495. The Morgan fingerprint density at radius 1 is 0.633 bits per heavy atom. The SMILES string of the molecule is CCCCCCCCCCCCCOC(=O)c1ccccc1C(=O)c1ccccc1. The van der Waals surface area contributed by atoms with Crippen molar-refractivity contribution in [3.05, 3.63) is 71.3 Å². The van der Waals surface area contributed by atoms with Crippen LogP contribution >= 0.6 is 0 Å². The van der Waals surface area contributed by atoms with Gasteiger partial charge >= 0.3 is 5.97 Å². The van der Waals surface area contributed by atoms with Gasteiger partial charge in [-0.15, -0.1) is 0 Å². The minimum Gasteiger partial charge on any atom is -0.462 e. The standard InChI is InChI=1S/C27H36O3/c1-2-3-4-5-6-7-8-9-10-11-17-22-30-27(29)25-21-16-15-20-24(25)26(28)23-18-13-12-14-19-23/h12-16,18-21H,2-11,17,22H2,1H3. The maximum Gasteiger partial charge on any atom is 0.338 e. The molecule has 3 nitrogen and oxygen atoms in total. The van der Waals surface area contributed by atoms with Crippen molar-refractivity contribution >= 4 is 11.8 Å². The zero-order chi connectivity index (χ0) is 21.4. The Morgan fingerprint density at radius 2 is 1.13 bits per heavy atom. The number of benzene rings is 2. The Balaban J connectivity index is 1.66. The molecule has 0 aliphatic rings. The Hall–Kier alpha value is -2.42. The van der Waals surface area contributed by atoms with Crippen molar-refractivity contribution in [2.75, 3.05) is 6.61 Å². The van der Waals surface area contributed by atoms with E-state index >= 15 is 0 Å². The fourth-order valence-electron chi connectivity index (χ4n) is 3.61. The molecule has 0 radical (unpaired) electrons. The molecule has 0 N–H and O–H groups in total. The van der Waals surface area contributed by atoms with Gasteiger partial charge in [-0.05, 0) is 12.5 Å². The van der Waals surface area contributed by atoms with Crippen LogP contribution in [0.3, 0.4) is 0 Å². The molecule has 0 aliphatic heterocycles. The quantitative estimate of drug-likeness (QED) is 0.175. The number of hydrogen-bond donors (Lipinski definition) is 0. The first kappa shape index (κ1) is 23.9. The highest BCUT2D eigenvalue weighted by Gasteiger charge is 2.18. The fraction of sp³-hybridized carbons (Fsp3) is 0.481. The van der Waals surface area contributed by atoms with Crippen molar-refractivity contribution in [1.82, 2.24) is 0 Å². The van der Waals surface area contributed by atoms with Crippen molar-refractivity contribution in [2.45, 2.75) is 77.6 Å². The average Bonchev–Trinajstić information content (AvgIpc) is 2.79. The minimum atomic E-state index is -0.415. The van der Waals surface area contributed by atoms with Crippen LogP contribution < -0.4 is 0 Å². The number of ether oxygens (including phenoxy) is 1. The van der Waals surface area contributed by atoms with Crippen LogP contribution in [0.2, 0.25) is 0 Å². The van der Waals surface area contributed by atoms with Gasteiger partial charge in [-0.1, -0.05) is 120 Å². The second kappa shape index (κ2) is 14.5. The van der Waals surface area contributed by atoms with E-state index in [9.17, 15) is 9.59 Å². The maximum atomic E-state index is 12.7. The van der Waals surface area contributed by atoms with Gasteiger partial charge < -0.3 is 4.74 Å². The van der Waals surface area contributed by atoms with Gasteiger partial charge in [0, 0.05) is 11.1 Å². The van der Waals surface area contributed by atoms with Gasteiger partial charge in [-0.2, -0.15) is 0 Å². The van der Waals surface area contributed by atoms with E-state index in [2.05, 4.69) is 6.92 Å². The number of hydrogen-bond acceptors (Lipinski definition) is 3. The molecule has 0 bridgehead atoms. The van der Waals surface area contributed by atoms with Gasteiger partial charge in [0.15, 0.2) is 5.78 Å². The molecule has 0 atom stereocenters. The summed E-state index contributed by atoms with van der Waals surface area (Å²) < 4.78 is 5.45. The summed E-state index contributed by atoms with van der Waals surface area (Å²) in [6.07, 6.45) is 13.8. The first-order valence-corrected chi connectivity index (χ1v) is 11.6. The third kappa shape index (κ3) is 8.52. The molecular formula is C27H36O3. The zero-order valence-corrected chi connectivity index (χ0v) is 18.4. The number of carbonyl (C=O) groups is 2. The van der Waals surface area contributed by atoms with Gasteiger partial charge in [0.1, 0.15) is 0 Å². The zero-order valence-electron chi connectivity index (χ0n) is 18.4. The highest BCUT2D eigenvalue weighted by molar-refractivity contribution is 6.14. The van der Waals surface area contributed by atoms with E-state index in [4.69, 9.17) is 4.74 Å². The Bertz CT molecular complexity index is 752. The maximum absolute atomic E-state index is 12.7. The van der Waals surface area contributed by atoms with Crippen molar-refractivity contribution in [3.8, 4) is 0 Å². The summed E-state index contributed by atoms with van der Waals surface area (Å²) in [6, 6.07) is 15.9. The van der Waals surface area contributed by atoms with Crippen LogP contribution in [0.15, 0.2) is 54.6 Å². The van der Waals surface area contributed by atoms with Crippen LogP contribution in [0, 0.1) is 0 Å². The van der Waals surface area contributed by atoms with E-state index in [1.54, 1.807) is 36.4 Å². The lowest BCUT2D eigenvalue weighted by Crippen LogP contribution is -2.13. The van der Waals surface area contributed by atoms with Gasteiger partial charge in [-0.25, -0.2) is 4.79 Å². The summed E-state index contributed by atoms with van der Waals surface area (Å²) in [5.74, 6) is -0.570. The number of rotatable bonds is 15. The van der Waals surface area contributed by atoms with Crippen molar-refractivity contribution in [1.29, 1.82) is 0 Å². The highest BCUT2D eigenvalue weighted by atomic mass is 16.5. The van der Waals surface area contributed by atoms with Crippen LogP contribution in [0.1, 0.15) is 104 Å². The Labute approximate surface area is 181 Å². The normalized spacial score (nSPS) is 10.7. The van der Waals surface area contributed by atoms with E-state index < -0.39 is 5.97 Å². The third-order valence-electron chi connectivity index (χ3n) is 5.41. The molecule has 0 saturated heterocycles. The average molecular weight is 409 g/mol. The predicted octanol–water partition coefficient (Wildman–Crippen LogP) is 7.39. The summed E-state index contributed by atoms with van der Waals surface area (Å²) in [7, 11) is 0. The molecule has 162 valence electrons. The summed E-state index contributed by atoms with van der Waals surface area (Å²) in [4.78, 5) is 25.2. The van der Waals surface area contributed by atoms with Crippen molar-refractivity contribution in [2.24, 2.45) is 0 Å². The monoisotopic (exact) mass is 408 g/mol. The van der Waals surface area contributed by atoms with Gasteiger partial charge in [0.25, 0.3) is 0 Å². The predicted molar refractivity (Wildman–Crippen MR) is 123 cm³/mol. The molecule has 30 heavy (non-hydrogen) atoms. The Kier molecular flexibility index (Phi) is 11.6. The molecule has 2 aromatic carbocycles. The lowest BCUT2D eigenvalue weighted by atomic mass is 9.98. The van der Waals surface area contributed by atoms with Crippen molar-refractivity contribution in [3.63, 3.8) is 0 Å². The number of unbranched alkanes of at least 4 members (excludes halogenated alkanes) is 10. The molecule has 0 amide bonds.